The highest BCUT2D eigenvalue weighted by atomic mass is 32.1. The molecular formula is C26H28N6O5S. The van der Waals surface area contributed by atoms with Crippen LogP contribution in [0.1, 0.15) is 29.5 Å². The van der Waals surface area contributed by atoms with Crippen LogP contribution in [0.2, 0.25) is 0 Å². The quantitative estimate of drug-likeness (QED) is 0.310. The number of carbonyl (C=O) groups excluding carboxylic acids is 2. The Morgan fingerprint density at radius 2 is 2.11 bits per heavy atom. The van der Waals surface area contributed by atoms with Crippen LogP contribution in [0.4, 0.5) is 0 Å². The first kappa shape index (κ1) is 25.6. The summed E-state index contributed by atoms with van der Waals surface area (Å²) >= 11 is 1.50. The number of hydrogen-bond donors (Lipinski definition) is 1. The van der Waals surface area contributed by atoms with E-state index >= 15 is 0 Å². The summed E-state index contributed by atoms with van der Waals surface area (Å²) in [5.74, 6) is 0.756. The highest BCUT2D eigenvalue weighted by Gasteiger charge is 2.35. The van der Waals surface area contributed by atoms with Crippen molar-refractivity contribution in [3.05, 3.63) is 70.8 Å². The number of carbonyl (C=O) groups is 2. The molecule has 11 nitrogen and oxygen atoms in total. The standard InChI is InChI=1S/C26H28N6O5S/c1-35-19-10-8-18(9-11-19)25-28-30-32(29-25)17-23(33)31(16-21-6-4-14-38-21)24(22-7-3-13-37-22)26(34)27-15-20-5-2-12-36-20/h3-4,6-11,13-14,20,24H,2,5,12,15-17H2,1H3,(H,27,34)/t20-,24+/m1/s1. The summed E-state index contributed by atoms with van der Waals surface area (Å²) in [4.78, 5) is 30.8. The molecular weight excluding hydrogens is 508 g/mol. The Kier molecular flexibility index (Phi) is 8.09. The number of thiophene rings is 1. The van der Waals surface area contributed by atoms with Crippen LogP contribution in [0.15, 0.2) is 64.6 Å². The smallest absolute Gasteiger partial charge is 0.250 e. The molecule has 0 saturated carbocycles. The van der Waals surface area contributed by atoms with E-state index in [1.54, 1.807) is 31.4 Å². The summed E-state index contributed by atoms with van der Waals surface area (Å²) in [6.45, 7) is 1.07. The zero-order valence-electron chi connectivity index (χ0n) is 20.9. The fourth-order valence-corrected chi connectivity index (χ4v) is 4.96. The highest BCUT2D eigenvalue weighted by Crippen LogP contribution is 2.26. The molecule has 1 fully saturated rings. The van der Waals surface area contributed by atoms with Gasteiger partial charge < -0.3 is 24.1 Å². The van der Waals surface area contributed by atoms with Gasteiger partial charge in [0.15, 0.2) is 6.04 Å². The monoisotopic (exact) mass is 536 g/mol. The number of nitrogens with one attached hydrogen (secondary N) is 1. The number of tetrazole rings is 1. The van der Waals surface area contributed by atoms with Crippen molar-refractivity contribution in [2.24, 2.45) is 0 Å². The first-order valence-corrected chi connectivity index (χ1v) is 13.2. The number of methoxy groups -OCH3 is 1. The number of hydrogen-bond acceptors (Lipinski definition) is 9. The predicted molar refractivity (Wildman–Crippen MR) is 138 cm³/mol. The summed E-state index contributed by atoms with van der Waals surface area (Å²) in [6, 6.07) is 13.5. The molecule has 0 radical (unpaired) electrons. The normalized spacial score (nSPS) is 15.8. The van der Waals surface area contributed by atoms with Gasteiger partial charge in [0.1, 0.15) is 18.1 Å². The highest BCUT2D eigenvalue weighted by molar-refractivity contribution is 7.09. The molecule has 1 aromatic carbocycles. The van der Waals surface area contributed by atoms with Crippen LogP contribution in [0, 0.1) is 0 Å². The summed E-state index contributed by atoms with van der Waals surface area (Å²) in [5.41, 5.74) is 0.738. The third kappa shape index (κ3) is 6.09. The number of nitrogens with zero attached hydrogens (tertiary/aromatic N) is 5. The number of rotatable bonds is 11. The van der Waals surface area contributed by atoms with Crippen molar-refractivity contribution in [2.75, 3.05) is 20.3 Å². The minimum atomic E-state index is -0.981. The van der Waals surface area contributed by atoms with Gasteiger partial charge in [-0.3, -0.25) is 9.59 Å². The number of amides is 2. The molecule has 2 atom stereocenters. The Morgan fingerprint density at radius 1 is 1.24 bits per heavy atom. The average molecular weight is 537 g/mol. The van der Waals surface area contributed by atoms with Crippen LogP contribution in [0.5, 0.6) is 5.75 Å². The molecule has 4 aromatic rings. The van der Waals surface area contributed by atoms with E-state index in [2.05, 4.69) is 20.7 Å². The van der Waals surface area contributed by atoms with Gasteiger partial charge in [-0.1, -0.05) is 6.07 Å². The maximum absolute atomic E-state index is 13.7. The summed E-state index contributed by atoms with van der Waals surface area (Å²) in [7, 11) is 1.59. The molecule has 4 heterocycles. The molecule has 0 aliphatic carbocycles. The van der Waals surface area contributed by atoms with E-state index in [0.29, 0.717) is 30.5 Å². The van der Waals surface area contributed by atoms with Crippen LogP contribution in [0.25, 0.3) is 11.4 Å². The Hall–Kier alpha value is -4.03. The molecule has 38 heavy (non-hydrogen) atoms. The molecule has 5 rings (SSSR count). The van der Waals surface area contributed by atoms with E-state index < -0.39 is 6.04 Å². The van der Waals surface area contributed by atoms with Crippen LogP contribution < -0.4 is 10.1 Å². The van der Waals surface area contributed by atoms with Gasteiger partial charge in [-0.2, -0.15) is 4.80 Å². The molecule has 1 aliphatic rings. The Balaban J connectivity index is 1.37. The molecule has 12 heteroatoms. The Labute approximate surface area is 223 Å². The van der Waals surface area contributed by atoms with Gasteiger partial charge >= 0.3 is 0 Å². The van der Waals surface area contributed by atoms with Gasteiger partial charge in [-0.15, -0.1) is 21.5 Å². The van der Waals surface area contributed by atoms with Gasteiger partial charge in [0.25, 0.3) is 5.91 Å². The molecule has 2 amide bonds. The first-order chi connectivity index (χ1) is 18.6. The Bertz CT molecular complexity index is 1320. The molecule has 0 spiro atoms. The molecule has 1 aliphatic heterocycles. The SMILES string of the molecule is COc1ccc(-c2nnn(CC(=O)N(Cc3cccs3)[C@H](C(=O)NC[C@H]3CCCO3)c3ccco3)n2)cc1. The van der Waals surface area contributed by atoms with Crippen molar-refractivity contribution in [3.8, 4) is 17.1 Å². The zero-order valence-corrected chi connectivity index (χ0v) is 21.7. The van der Waals surface area contributed by atoms with Crippen molar-refractivity contribution >= 4 is 23.2 Å². The zero-order chi connectivity index (χ0) is 26.3. The van der Waals surface area contributed by atoms with Crippen LogP contribution in [-0.2, 0) is 27.4 Å². The largest absolute Gasteiger partial charge is 0.497 e. The van der Waals surface area contributed by atoms with Crippen molar-refractivity contribution in [3.63, 3.8) is 0 Å². The van der Waals surface area contributed by atoms with Crippen LogP contribution in [0.3, 0.4) is 0 Å². The second kappa shape index (κ2) is 12.0. The maximum Gasteiger partial charge on any atom is 0.250 e. The first-order valence-electron chi connectivity index (χ1n) is 12.3. The molecule has 198 valence electrons. The lowest BCUT2D eigenvalue weighted by Crippen LogP contribution is -2.46. The minimum absolute atomic E-state index is 0.0339. The Morgan fingerprint density at radius 3 is 2.79 bits per heavy atom. The van der Waals surface area contributed by atoms with Gasteiger partial charge in [-0.05, 0) is 65.9 Å². The van der Waals surface area contributed by atoms with E-state index in [4.69, 9.17) is 13.9 Å². The number of aromatic nitrogens is 4. The molecule has 1 saturated heterocycles. The van der Waals surface area contributed by atoms with Gasteiger partial charge in [0.2, 0.25) is 11.7 Å². The topological polar surface area (TPSA) is 125 Å². The van der Waals surface area contributed by atoms with Crippen molar-refractivity contribution in [1.82, 2.24) is 30.4 Å². The van der Waals surface area contributed by atoms with Crippen molar-refractivity contribution < 1.29 is 23.5 Å². The summed E-state index contributed by atoms with van der Waals surface area (Å²) in [5, 5.41) is 17.4. The van der Waals surface area contributed by atoms with Gasteiger partial charge in [0, 0.05) is 23.6 Å². The lowest BCUT2D eigenvalue weighted by atomic mass is 10.1. The minimum Gasteiger partial charge on any atom is -0.497 e. The molecule has 1 N–H and O–H groups in total. The van der Waals surface area contributed by atoms with E-state index in [0.717, 1.165) is 23.3 Å². The average Bonchev–Trinajstić information content (AvgIpc) is 3.76. The second-order valence-corrected chi connectivity index (χ2v) is 9.80. The molecule has 0 unspecified atom stereocenters. The van der Waals surface area contributed by atoms with E-state index in [-0.39, 0.29) is 31.0 Å². The molecule has 3 aromatic heterocycles. The van der Waals surface area contributed by atoms with Crippen LogP contribution >= 0.6 is 11.3 Å². The van der Waals surface area contributed by atoms with Gasteiger partial charge in [-0.25, -0.2) is 0 Å². The van der Waals surface area contributed by atoms with E-state index in [9.17, 15) is 9.59 Å². The maximum atomic E-state index is 13.7. The van der Waals surface area contributed by atoms with E-state index in [1.165, 1.54) is 27.3 Å². The van der Waals surface area contributed by atoms with Crippen molar-refractivity contribution in [2.45, 2.75) is 38.1 Å². The lowest BCUT2D eigenvalue weighted by Gasteiger charge is -2.29. The third-order valence-electron chi connectivity index (χ3n) is 6.21. The number of benzene rings is 1. The molecule has 0 bridgehead atoms. The number of ether oxygens (including phenoxy) is 2. The summed E-state index contributed by atoms with van der Waals surface area (Å²) < 4.78 is 16.5. The number of furan rings is 1. The second-order valence-electron chi connectivity index (χ2n) is 8.77. The van der Waals surface area contributed by atoms with Crippen LogP contribution in [-0.4, -0.2) is 63.3 Å². The predicted octanol–water partition coefficient (Wildman–Crippen LogP) is 3.07. The fraction of sp³-hybridized carbons (Fsp3) is 0.346. The fourth-order valence-electron chi connectivity index (χ4n) is 4.26. The summed E-state index contributed by atoms with van der Waals surface area (Å²) in [6.07, 6.45) is 3.31. The van der Waals surface area contributed by atoms with Crippen molar-refractivity contribution in [1.29, 1.82) is 0 Å². The van der Waals surface area contributed by atoms with E-state index in [1.807, 2.05) is 29.6 Å². The third-order valence-corrected chi connectivity index (χ3v) is 7.07. The van der Waals surface area contributed by atoms with Gasteiger partial charge in [0.05, 0.1) is 26.0 Å². The lowest BCUT2D eigenvalue weighted by molar-refractivity contribution is -0.143.